The van der Waals surface area contributed by atoms with Gasteiger partial charge >= 0.3 is 19.8 Å². The number of unbranched alkanes of at least 4 members (excludes halogenated alkanes) is 17. The van der Waals surface area contributed by atoms with Crippen molar-refractivity contribution in [1.82, 2.24) is 0 Å². The van der Waals surface area contributed by atoms with Gasteiger partial charge in [0.05, 0.1) is 26.4 Å². The molecule has 0 aliphatic rings. The van der Waals surface area contributed by atoms with Gasteiger partial charge in [0.2, 0.25) is 0 Å². The topological polar surface area (TPSA) is 149 Å². The SMILES string of the molecule is CC/C=C\C/C=C\C/C=C\C/C=C\CCCCCCCCC(=O)OC(CO)COP(=O)(O)OCC(CO)OC(=O)CCCCCCCCC/C=C\C/C=C\CCCCCC. The van der Waals surface area contributed by atoms with E-state index in [-0.39, 0.29) is 12.8 Å². The number of hydrogen-bond donors (Lipinski definition) is 3. The fraction of sp³-hybridized carbons (Fsp3) is 0.714. The first-order chi connectivity index (χ1) is 29.3. The molecule has 11 heteroatoms. The summed E-state index contributed by atoms with van der Waals surface area (Å²) in [6.07, 6.45) is 51.5. The number of carbonyl (C=O) groups is 2. The molecule has 0 spiro atoms. The number of hydrogen-bond acceptors (Lipinski definition) is 9. The number of allylic oxidation sites excluding steroid dienone is 12. The highest BCUT2D eigenvalue weighted by molar-refractivity contribution is 7.47. The fourth-order valence-corrected chi connectivity index (χ4v) is 6.86. The van der Waals surface area contributed by atoms with Crippen molar-refractivity contribution in [2.24, 2.45) is 0 Å². The molecule has 0 saturated carbocycles. The van der Waals surface area contributed by atoms with Crippen LogP contribution in [0.5, 0.6) is 0 Å². The van der Waals surface area contributed by atoms with Gasteiger partial charge < -0.3 is 24.6 Å². The van der Waals surface area contributed by atoms with E-state index in [2.05, 4.69) is 86.8 Å². The largest absolute Gasteiger partial charge is 0.472 e. The Labute approximate surface area is 365 Å². The molecule has 0 aromatic heterocycles. The lowest BCUT2D eigenvalue weighted by Gasteiger charge is -2.20. The van der Waals surface area contributed by atoms with Crippen molar-refractivity contribution in [2.45, 2.75) is 199 Å². The normalized spacial score (nSPS) is 14.4. The van der Waals surface area contributed by atoms with E-state index in [4.69, 9.17) is 18.5 Å². The van der Waals surface area contributed by atoms with Gasteiger partial charge in [0.15, 0.2) is 0 Å². The van der Waals surface area contributed by atoms with Gasteiger partial charge in [-0.15, -0.1) is 0 Å². The van der Waals surface area contributed by atoms with Crippen LogP contribution in [0.2, 0.25) is 0 Å². The number of esters is 2. The molecule has 3 unspecified atom stereocenters. The molecule has 0 fully saturated rings. The molecule has 3 atom stereocenters. The van der Waals surface area contributed by atoms with Crippen LogP contribution in [0.1, 0.15) is 187 Å². The van der Waals surface area contributed by atoms with Crippen LogP contribution >= 0.6 is 7.82 Å². The summed E-state index contributed by atoms with van der Waals surface area (Å²) in [5, 5.41) is 19.2. The van der Waals surface area contributed by atoms with Gasteiger partial charge in [-0.3, -0.25) is 18.6 Å². The van der Waals surface area contributed by atoms with Crippen molar-refractivity contribution >= 4 is 19.8 Å². The first kappa shape index (κ1) is 57.4. The predicted octanol–water partition coefficient (Wildman–Crippen LogP) is 12.8. The van der Waals surface area contributed by atoms with Crippen LogP contribution in [-0.2, 0) is 32.7 Å². The summed E-state index contributed by atoms with van der Waals surface area (Å²) in [7, 11) is -4.65. The van der Waals surface area contributed by atoms with Crippen molar-refractivity contribution in [2.75, 3.05) is 26.4 Å². The van der Waals surface area contributed by atoms with Crippen molar-refractivity contribution in [3.63, 3.8) is 0 Å². The van der Waals surface area contributed by atoms with Gasteiger partial charge in [-0.1, -0.05) is 164 Å². The minimum atomic E-state index is -4.65. The lowest BCUT2D eigenvalue weighted by molar-refractivity contribution is -0.153. The molecule has 0 rings (SSSR count). The Balaban J connectivity index is 3.93. The molecule has 0 heterocycles. The number of aliphatic hydroxyl groups excluding tert-OH is 2. The van der Waals surface area contributed by atoms with Crippen LogP contribution in [-0.4, -0.2) is 65.7 Å². The van der Waals surface area contributed by atoms with E-state index in [1.165, 1.54) is 51.4 Å². The number of aliphatic hydroxyl groups is 2. The average Bonchev–Trinajstić information content (AvgIpc) is 3.24. The molecule has 346 valence electrons. The maximum Gasteiger partial charge on any atom is 0.472 e. The molecular formula is C49H85O10P. The Bertz CT molecular complexity index is 1220. The summed E-state index contributed by atoms with van der Waals surface area (Å²) in [5.41, 5.74) is 0. The molecule has 0 aromatic rings. The van der Waals surface area contributed by atoms with Crippen molar-refractivity contribution in [3.05, 3.63) is 72.9 Å². The average molecular weight is 865 g/mol. The third-order valence-electron chi connectivity index (χ3n) is 9.65. The van der Waals surface area contributed by atoms with Crippen molar-refractivity contribution < 1.29 is 47.8 Å². The summed E-state index contributed by atoms with van der Waals surface area (Å²) in [6.45, 7) is 2.05. The lowest BCUT2D eigenvalue weighted by Crippen LogP contribution is -2.28. The molecule has 60 heavy (non-hydrogen) atoms. The van der Waals surface area contributed by atoms with E-state index in [0.717, 1.165) is 96.3 Å². The maximum absolute atomic E-state index is 12.4. The number of rotatable bonds is 43. The Morgan fingerprint density at radius 1 is 0.467 bits per heavy atom. The van der Waals surface area contributed by atoms with Crippen LogP contribution in [0.15, 0.2) is 72.9 Å². The smallest absolute Gasteiger partial charge is 0.457 e. The monoisotopic (exact) mass is 865 g/mol. The van der Waals surface area contributed by atoms with Crippen LogP contribution in [0.3, 0.4) is 0 Å². The van der Waals surface area contributed by atoms with Gasteiger partial charge in [0.1, 0.15) is 12.2 Å². The Kier molecular flexibility index (Phi) is 42.5. The zero-order valence-electron chi connectivity index (χ0n) is 37.6. The van der Waals surface area contributed by atoms with E-state index >= 15 is 0 Å². The molecule has 0 bridgehead atoms. The van der Waals surface area contributed by atoms with Gasteiger partial charge in [-0.05, 0) is 83.5 Å². The Morgan fingerprint density at radius 3 is 1.13 bits per heavy atom. The standard InChI is InChI=1S/C49H85O10P/c1-3-5-7-9-11-13-15-17-19-21-23-25-27-29-31-33-35-37-39-41-49(53)59-47(43-51)45-57-60(54,55)56-44-46(42-50)58-48(52)40-38-36-34-32-30-28-26-24-22-20-18-16-14-12-10-8-6-4-2/h5,7,11,13-14,16-17,19-20,22-23,25,46-47,50-51H,3-4,6,8-10,12,15,18,21,24,26-45H2,1-2H3,(H,54,55)/b7-5-,13-11-,16-14-,19-17-,22-20-,25-23-. The second-order valence-corrected chi connectivity index (χ2v) is 16.8. The zero-order valence-corrected chi connectivity index (χ0v) is 38.5. The van der Waals surface area contributed by atoms with Crippen LogP contribution in [0.25, 0.3) is 0 Å². The quantitative estimate of drug-likeness (QED) is 0.0234. The molecular weight excluding hydrogens is 780 g/mol. The van der Waals surface area contributed by atoms with E-state index in [0.29, 0.717) is 12.8 Å². The highest BCUT2D eigenvalue weighted by atomic mass is 31.2. The zero-order chi connectivity index (χ0) is 44.0. The highest BCUT2D eigenvalue weighted by Gasteiger charge is 2.27. The summed E-state index contributed by atoms with van der Waals surface area (Å²) in [5.74, 6) is -1.04. The number of phosphoric acid groups is 1. The minimum Gasteiger partial charge on any atom is -0.457 e. The molecule has 0 radical (unpaired) electrons. The van der Waals surface area contributed by atoms with Crippen LogP contribution in [0.4, 0.5) is 0 Å². The summed E-state index contributed by atoms with van der Waals surface area (Å²) in [6, 6.07) is 0. The molecule has 0 aliphatic heterocycles. The third-order valence-corrected chi connectivity index (χ3v) is 10.6. The molecule has 3 N–H and O–H groups in total. The van der Waals surface area contributed by atoms with E-state index in [9.17, 15) is 29.3 Å². The lowest BCUT2D eigenvalue weighted by atomic mass is 10.1. The fourth-order valence-electron chi connectivity index (χ4n) is 6.08. The predicted molar refractivity (Wildman–Crippen MR) is 247 cm³/mol. The Hall–Kier alpha value is -2.59. The van der Waals surface area contributed by atoms with Gasteiger partial charge in [-0.25, -0.2) is 4.57 Å². The molecule has 0 amide bonds. The second kappa shape index (κ2) is 44.5. The molecule has 10 nitrogen and oxygen atoms in total. The van der Waals surface area contributed by atoms with Crippen molar-refractivity contribution in [1.29, 1.82) is 0 Å². The number of phosphoric ester groups is 1. The van der Waals surface area contributed by atoms with Gasteiger partial charge in [-0.2, -0.15) is 0 Å². The minimum absolute atomic E-state index is 0.172. The van der Waals surface area contributed by atoms with E-state index in [1.54, 1.807) is 0 Å². The highest BCUT2D eigenvalue weighted by Crippen LogP contribution is 2.43. The summed E-state index contributed by atoms with van der Waals surface area (Å²) in [4.78, 5) is 34.6. The van der Waals surface area contributed by atoms with E-state index < -0.39 is 58.4 Å². The first-order valence-corrected chi connectivity index (χ1v) is 24.9. The van der Waals surface area contributed by atoms with Gasteiger partial charge in [0.25, 0.3) is 0 Å². The molecule has 0 saturated heterocycles. The van der Waals surface area contributed by atoms with Crippen LogP contribution < -0.4 is 0 Å². The van der Waals surface area contributed by atoms with E-state index in [1.807, 2.05) is 0 Å². The maximum atomic E-state index is 12.4. The number of carbonyl (C=O) groups excluding carboxylic acids is 2. The van der Waals surface area contributed by atoms with Crippen LogP contribution in [0, 0.1) is 0 Å². The summed E-state index contributed by atoms with van der Waals surface area (Å²) < 4.78 is 32.6. The molecule has 0 aliphatic carbocycles. The summed E-state index contributed by atoms with van der Waals surface area (Å²) >= 11 is 0. The van der Waals surface area contributed by atoms with Gasteiger partial charge in [0, 0.05) is 12.8 Å². The first-order valence-electron chi connectivity index (χ1n) is 23.4. The Morgan fingerprint density at radius 2 is 0.783 bits per heavy atom. The molecule has 0 aromatic carbocycles. The third kappa shape index (κ3) is 42.1. The van der Waals surface area contributed by atoms with Crippen molar-refractivity contribution in [3.8, 4) is 0 Å². The number of ether oxygens (including phenoxy) is 2. The second-order valence-electron chi connectivity index (χ2n) is 15.4.